The van der Waals surface area contributed by atoms with Crippen molar-refractivity contribution in [2.75, 3.05) is 13.2 Å². The van der Waals surface area contributed by atoms with E-state index < -0.39 is 6.10 Å². The SMILES string of the molecule is CC(=O)OC[C@H]1OCCC1=O. The molecule has 1 aliphatic rings. The van der Waals surface area contributed by atoms with Gasteiger partial charge in [0.05, 0.1) is 6.61 Å². The zero-order chi connectivity index (χ0) is 8.27. The summed E-state index contributed by atoms with van der Waals surface area (Å²) < 4.78 is 9.60. The minimum absolute atomic E-state index is 0.0197. The summed E-state index contributed by atoms with van der Waals surface area (Å²) in [6.07, 6.45) is -0.0785. The number of ether oxygens (including phenoxy) is 2. The Hall–Kier alpha value is -0.900. The topological polar surface area (TPSA) is 52.6 Å². The molecular formula is C7H10O4. The van der Waals surface area contributed by atoms with Gasteiger partial charge in [0.15, 0.2) is 5.78 Å². The first-order valence-corrected chi connectivity index (χ1v) is 3.48. The van der Waals surface area contributed by atoms with Crippen LogP contribution in [-0.2, 0) is 19.1 Å². The van der Waals surface area contributed by atoms with E-state index in [1.54, 1.807) is 0 Å². The van der Waals surface area contributed by atoms with Crippen molar-refractivity contribution in [3.05, 3.63) is 0 Å². The summed E-state index contributed by atoms with van der Waals surface area (Å²) in [7, 11) is 0. The third kappa shape index (κ3) is 2.31. The fourth-order valence-corrected chi connectivity index (χ4v) is 0.890. The van der Waals surface area contributed by atoms with E-state index in [1.165, 1.54) is 6.92 Å². The van der Waals surface area contributed by atoms with Gasteiger partial charge < -0.3 is 9.47 Å². The molecule has 1 saturated heterocycles. The van der Waals surface area contributed by atoms with Crippen molar-refractivity contribution in [1.82, 2.24) is 0 Å². The number of rotatable bonds is 2. The van der Waals surface area contributed by atoms with Crippen molar-refractivity contribution < 1.29 is 19.1 Å². The number of carbonyl (C=O) groups is 2. The quantitative estimate of drug-likeness (QED) is 0.527. The Morgan fingerprint density at radius 3 is 3.00 bits per heavy atom. The Balaban J connectivity index is 2.26. The molecule has 0 radical (unpaired) electrons. The van der Waals surface area contributed by atoms with Crippen LogP contribution in [0.3, 0.4) is 0 Å². The Morgan fingerprint density at radius 1 is 1.82 bits per heavy atom. The molecule has 0 saturated carbocycles. The molecule has 0 aliphatic carbocycles. The van der Waals surface area contributed by atoms with Gasteiger partial charge in [0, 0.05) is 13.3 Å². The molecule has 0 amide bonds. The highest BCUT2D eigenvalue weighted by Crippen LogP contribution is 2.07. The second kappa shape index (κ2) is 3.48. The van der Waals surface area contributed by atoms with Gasteiger partial charge in [-0.15, -0.1) is 0 Å². The van der Waals surface area contributed by atoms with Crippen LogP contribution >= 0.6 is 0 Å². The zero-order valence-electron chi connectivity index (χ0n) is 6.33. The van der Waals surface area contributed by atoms with E-state index in [0.717, 1.165) is 0 Å². The van der Waals surface area contributed by atoms with Crippen molar-refractivity contribution in [3.8, 4) is 0 Å². The number of esters is 1. The average Bonchev–Trinajstić information content (AvgIpc) is 2.31. The van der Waals surface area contributed by atoms with Crippen molar-refractivity contribution in [3.63, 3.8) is 0 Å². The molecule has 1 rings (SSSR count). The summed E-state index contributed by atoms with van der Waals surface area (Å²) >= 11 is 0. The number of carbonyl (C=O) groups excluding carboxylic acids is 2. The molecule has 0 unspecified atom stereocenters. The summed E-state index contributed by atoms with van der Waals surface area (Å²) in [5.41, 5.74) is 0. The normalized spacial score (nSPS) is 23.7. The van der Waals surface area contributed by atoms with Gasteiger partial charge >= 0.3 is 5.97 Å². The fourth-order valence-electron chi connectivity index (χ4n) is 0.890. The van der Waals surface area contributed by atoms with Gasteiger partial charge in [0.25, 0.3) is 0 Å². The fraction of sp³-hybridized carbons (Fsp3) is 0.714. The van der Waals surface area contributed by atoms with Crippen molar-refractivity contribution in [1.29, 1.82) is 0 Å². The van der Waals surface area contributed by atoms with E-state index in [-0.39, 0.29) is 18.4 Å². The predicted molar refractivity (Wildman–Crippen MR) is 36.0 cm³/mol. The number of hydrogen-bond donors (Lipinski definition) is 0. The summed E-state index contributed by atoms with van der Waals surface area (Å²) in [4.78, 5) is 21.2. The van der Waals surface area contributed by atoms with Crippen molar-refractivity contribution in [2.45, 2.75) is 19.4 Å². The molecule has 0 aromatic rings. The van der Waals surface area contributed by atoms with E-state index in [1.807, 2.05) is 0 Å². The molecular weight excluding hydrogens is 148 g/mol. The molecule has 0 aromatic heterocycles. The molecule has 0 bridgehead atoms. The molecule has 1 fully saturated rings. The standard InChI is InChI=1S/C7H10O4/c1-5(8)11-4-7-6(9)2-3-10-7/h7H,2-4H2,1H3/t7-/m1/s1. The Kier molecular flexibility index (Phi) is 2.59. The average molecular weight is 158 g/mol. The number of Topliss-reactive ketones (excluding diaryl/α,β-unsaturated/α-hetero) is 1. The first-order chi connectivity index (χ1) is 5.20. The lowest BCUT2D eigenvalue weighted by molar-refractivity contribution is -0.145. The number of hydrogen-bond acceptors (Lipinski definition) is 4. The molecule has 62 valence electrons. The molecule has 1 heterocycles. The maximum absolute atomic E-state index is 10.9. The van der Waals surface area contributed by atoms with Crippen LogP contribution in [0.5, 0.6) is 0 Å². The molecule has 1 atom stereocenters. The van der Waals surface area contributed by atoms with Gasteiger partial charge in [-0.3, -0.25) is 9.59 Å². The van der Waals surface area contributed by atoms with Crippen LogP contribution < -0.4 is 0 Å². The molecule has 11 heavy (non-hydrogen) atoms. The lowest BCUT2D eigenvalue weighted by Gasteiger charge is -2.06. The minimum Gasteiger partial charge on any atom is -0.463 e. The van der Waals surface area contributed by atoms with Crippen LogP contribution in [0.15, 0.2) is 0 Å². The van der Waals surface area contributed by atoms with Crippen LogP contribution in [0.4, 0.5) is 0 Å². The van der Waals surface area contributed by atoms with Crippen molar-refractivity contribution >= 4 is 11.8 Å². The third-order valence-electron chi connectivity index (χ3n) is 1.46. The van der Waals surface area contributed by atoms with Crippen LogP contribution in [0.25, 0.3) is 0 Å². The van der Waals surface area contributed by atoms with Crippen LogP contribution in [0.1, 0.15) is 13.3 Å². The van der Waals surface area contributed by atoms with Crippen molar-refractivity contribution in [2.24, 2.45) is 0 Å². The van der Waals surface area contributed by atoms with E-state index in [4.69, 9.17) is 4.74 Å². The molecule has 1 aliphatic heterocycles. The summed E-state index contributed by atoms with van der Waals surface area (Å²) in [5, 5.41) is 0. The highest BCUT2D eigenvalue weighted by atomic mass is 16.6. The van der Waals surface area contributed by atoms with Gasteiger partial charge in [-0.25, -0.2) is 0 Å². The third-order valence-corrected chi connectivity index (χ3v) is 1.46. The van der Waals surface area contributed by atoms with Gasteiger partial charge in [-0.2, -0.15) is 0 Å². The van der Waals surface area contributed by atoms with Crippen LogP contribution in [-0.4, -0.2) is 31.1 Å². The lowest BCUT2D eigenvalue weighted by Crippen LogP contribution is -2.23. The largest absolute Gasteiger partial charge is 0.463 e. The molecule has 0 N–H and O–H groups in total. The van der Waals surface area contributed by atoms with Gasteiger partial charge in [0.1, 0.15) is 12.7 Å². The monoisotopic (exact) mass is 158 g/mol. The Morgan fingerprint density at radius 2 is 2.55 bits per heavy atom. The minimum atomic E-state index is -0.515. The smallest absolute Gasteiger partial charge is 0.302 e. The zero-order valence-corrected chi connectivity index (χ0v) is 6.33. The summed E-state index contributed by atoms with van der Waals surface area (Å²) in [6, 6.07) is 0. The first kappa shape index (κ1) is 8.20. The van der Waals surface area contributed by atoms with Crippen LogP contribution in [0.2, 0.25) is 0 Å². The van der Waals surface area contributed by atoms with E-state index in [9.17, 15) is 9.59 Å². The van der Waals surface area contributed by atoms with Gasteiger partial charge in [0.2, 0.25) is 0 Å². The summed E-state index contributed by atoms with van der Waals surface area (Å²) in [6.45, 7) is 1.82. The molecule has 0 aromatic carbocycles. The lowest BCUT2D eigenvalue weighted by atomic mass is 10.2. The molecule has 4 heteroatoms. The first-order valence-electron chi connectivity index (χ1n) is 3.48. The highest BCUT2D eigenvalue weighted by Gasteiger charge is 2.25. The molecule has 0 spiro atoms. The Labute approximate surface area is 64.5 Å². The van der Waals surface area contributed by atoms with E-state index >= 15 is 0 Å². The van der Waals surface area contributed by atoms with E-state index in [0.29, 0.717) is 13.0 Å². The second-order valence-corrected chi connectivity index (χ2v) is 2.38. The number of ketones is 1. The highest BCUT2D eigenvalue weighted by molar-refractivity contribution is 5.85. The predicted octanol–water partition coefficient (Wildman–Crippen LogP) is -0.0925. The van der Waals surface area contributed by atoms with E-state index in [2.05, 4.69) is 4.74 Å². The molecule has 4 nitrogen and oxygen atoms in total. The maximum Gasteiger partial charge on any atom is 0.302 e. The Bertz CT molecular complexity index is 175. The van der Waals surface area contributed by atoms with Gasteiger partial charge in [-0.05, 0) is 0 Å². The summed E-state index contributed by atoms with van der Waals surface area (Å²) in [5.74, 6) is -0.362. The second-order valence-electron chi connectivity index (χ2n) is 2.38. The van der Waals surface area contributed by atoms with Crippen LogP contribution in [0, 0.1) is 0 Å². The maximum atomic E-state index is 10.9. The van der Waals surface area contributed by atoms with Gasteiger partial charge in [-0.1, -0.05) is 0 Å².